The summed E-state index contributed by atoms with van der Waals surface area (Å²) < 4.78 is 40.1. The predicted octanol–water partition coefficient (Wildman–Crippen LogP) is 1.83. The number of benzene rings is 2. The second kappa shape index (κ2) is 6.02. The lowest BCUT2D eigenvalue weighted by atomic mass is 10.2. The van der Waals surface area contributed by atoms with Gasteiger partial charge in [-0.3, -0.25) is 0 Å². The molecule has 0 heterocycles. The molecular formula is C14H12FNO4S. The third-order valence-electron chi connectivity index (χ3n) is 2.68. The minimum absolute atomic E-state index is 0.0759. The molecule has 0 spiro atoms. The van der Waals surface area contributed by atoms with Crippen LogP contribution in [0.4, 0.5) is 4.39 Å². The number of hydrogen-bond donors (Lipinski definition) is 1. The fourth-order valence-corrected chi connectivity index (χ4v) is 2.16. The Kier molecular flexibility index (Phi) is 4.35. The highest BCUT2D eigenvalue weighted by Crippen LogP contribution is 2.11. The van der Waals surface area contributed by atoms with E-state index in [4.69, 9.17) is 9.88 Å². The van der Waals surface area contributed by atoms with Gasteiger partial charge < -0.3 is 4.74 Å². The smallest absolute Gasteiger partial charge is 0.338 e. The number of nitrogens with two attached hydrogens (primary N) is 1. The van der Waals surface area contributed by atoms with Gasteiger partial charge in [0.15, 0.2) is 0 Å². The number of hydrogen-bond acceptors (Lipinski definition) is 4. The number of sulfonamides is 1. The maximum atomic E-state index is 13.0. The fraction of sp³-hybridized carbons (Fsp3) is 0.0714. The van der Waals surface area contributed by atoms with Gasteiger partial charge in [-0.2, -0.15) is 0 Å². The molecule has 0 saturated carbocycles. The van der Waals surface area contributed by atoms with Gasteiger partial charge in [0.25, 0.3) is 0 Å². The van der Waals surface area contributed by atoms with E-state index < -0.39 is 21.8 Å². The average Bonchev–Trinajstić information content (AvgIpc) is 2.44. The number of carbonyl (C=O) groups excluding carboxylic acids is 1. The molecular weight excluding hydrogens is 297 g/mol. The summed E-state index contributed by atoms with van der Waals surface area (Å²) in [7, 11) is -3.80. The molecule has 21 heavy (non-hydrogen) atoms. The van der Waals surface area contributed by atoms with Crippen molar-refractivity contribution in [2.75, 3.05) is 0 Å². The summed E-state index contributed by atoms with van der Waals surface area (Å²) in [5.74, 6) is -1.05. The highest BCUT2D eigenvalue weighted by Gasteiger charge is 2.11. The van der Waals surface area contributed by atoms with E-state index in [1.165, 1.54) is 42.5 Å². The van der Waals surface area contributed by atoms with Crippen LogP contribution in [-0.2, 0) is 21.4 Å². The molecule has 2 aromatic rings. The highest BCUT2D eigenvalue weighted by molar-refractivity contribution is 7.89. The van der Waals surface area contributed by atoms with Gasteiger partial charge in [-0.25, -0.2) is 22.7 Å². The molecule has 0 aromatic heterocycles. The van der Waals surface area contributed by atoms with Crippen LogP contribution in [0.15, 0.2) is 53.4 Å². The van der Waals surface area contributed by atoms with Crippen LogP contribution in [0.2, 0.25) is 0 Å². The molecule has 0 bridgehead atoms. The molecule has 0 atom stereocenters. The first-order valence-corrected chi connectivity index (χ1v) is 7.45. The minimum Gasteiger partial charge on any atom is -0.457 e. The highest BCUT2D eigenvalue weighted by atomic mass is 32.2. The molecule has 0 aliphatic rings. The quantitative estimate of drug-likeness (QED) is 0.873. The standard InChI is InChI=1S/C14H12FNO4S/c15-12-3-1-2-10(8-12)9-20-14(17)11-4-6-13(7-5-11)21(16,18)19/h1-8H,9H2,(H2,16,18,19). The zero-order valence-corrected chi connectivity index (χ0v) is 11.6. The van der Waals surface area contributed by atoms with Gasteiger partial charge in [-0.15, -0.1) is 0 Å². The molecule has 110 valence electrons. The van der Waals surface area contributed by atoms with Crippen molar-refractivity contribution in [3.63, 3.8) is 0 Å². The Hall–Kier alpha value is -2.25. The molecule has 0 fully saturated rings. The van der Waals surface area contributed by atoms with E-state index in [9.17, 15) is 17.6 Å². The zero-order valence-electron chi connectivity index (χ0n) is 10.8. The zero-order chi connectivity index (χ0) is 15.5. The number of carbonyl (C=O) groups is 1. The predicted molar refractivity (Wildman–Crippen MR) is 73.3 cm³/mol. The van der Waals surface area contributed by atoms with Crippen molar-refractivity contribution >= 4 is 16.0 Å². The van der Waals surface area contributed by atoms with E-state index in [2.05, 4.69) is 0 Å². The van der Waals surface area contributed by atoms with Gasteiger partial charge in [0.05, 0.1) is 10.5 Å². The lowest BCUT2D eigenvalue weighted by molar-refractivity contribution is 0.0472. The third-order valence-corrected chi connectivity index (χ3v) is 3.61. The summed E-state index contributed by atoms with van der Waals surface area (Å²) >= 11 is 0. The van der Waals surface area contributed by atoms with Crippen LogP contribution in [0.1, 0.15) is 15.9 Å². The fourth-order valence-electron chi connectivity index (χ4n) is 1.64. The average molecular weight is 309 g/mol. The summed E-state index contributed by atoms with van der Waals surface area (Å²) in [5, 5.41) is 4.95. The second-order valence-electron chi connectivity index (χ2n) is 4.28. The number of halogens is 1. The van der Waals surface area contributed by atoms with Gasteiger partial charge in [0.1, 0.15) is 12.4 Å². The van der Waals surface area contributed by atoms with Gasteiger partial charge >= 0.3 is 5.97 Å². The van der Waals surface area contributed by atoms with Crippen molar-refractivity contribution in [1.82, 2.24) is 0 Å². The maximum absolute atomic E-state index is 13.0. The molecule has 2 N–H and O–H groups in total. The Morgan fingerprint density at radius 3 is 2.38 bits per heavy atom. The van der Waals surface area contributed by atoms with Crippen LogP contribution < -0.4 is 5.14 Å². The van der Waals surface area contributed by atoms with E-state index in [0.717, 1.165) is 0 Å². The summed E-state index contributed by atoms with van der Waals surface area (Å²) in [6.07, 6.45) is 0. The largest absolute Gasteiger partial charge is 0.457 e. The number of primary sulfonamides is 1. The lowest BCUT2D eigenvalue weighted by Gasteiger charge is -2.05. The topological polar surface area (TPSA) is 86.5 Å². The first-order valence-electron chi connectivity index (χ1n) is 5.91. The van der Waals surface area contributed by atoms with Crippen molar-refractivity contribution in [2.24, 2.45) is 5.14 Å². The van der Waals surface area contributed by atoms with E-state index in [-0.39, 0.29) is 17.1 Å². The van der Waals surface area contributed by atoms with Gasteiger partial charge in [0.2, 0.25) is 10.0 Å². The van der Waals surface area contributed by atoms with Crippen molar-refractivity contribution in [2.45, 2.75) is 11.5 Å². The van der Waals surface area contributed by atoms with Gasteiger partial charge in [0, 0.05) is 0 Å². The van der Waals surface area contributed by atoms with E-state index in [1.54, 1.807) is 6.07 Å². The lowest BCUT2D eigenvalue weighted by Crippen LogP contribution is -2.12. The van der Waals surface area contributed by atoms with E-state index in [1.807, 2.05) is 0 Å². The SMILES string of the molecule is NS(=O)(=O)c1ccc(C(=O)OCc2cccc(F)c2)cc1. The summed E-state index contributed by atoms with van der Waals surface area (Å²) in [4.78, 5) is 11.7. The number of ether oxygens (including phenoxy) is 1. The molecule has 7 heteroatoms. The molecule has 0 aliphatic carbocycles. The monoisotopic (exact) mass is 309 g/mol. The molecule has 0 aliphatic heterocycles. The number of rotatable bonds is 4. The molecule has 2 rings (SSSR count). The Morgan fingerprint density at radius 1 is 1.14 bits per heavy atom. The summed E-state index contributed by atoms with van der Waals surface area (Å²) in [5.41, 5.74) is 0.698. The number of esters is 1. The van der Waals surface area contributed by atoms with Crippen molar-refractivity contribution < 1.29 is 22.3 Å². The van der Waals surface area contributed by atoms with Gasteiger partial charge in [-0.05, 0) is 42.0 Å². The molecule has 0 radical (unpaired) electrons. The van der Waals surface area contributed by atoms with Crippen molar-refractivity contribution in [3.05, 3.63) is 65.5 Å². The second-order valence-corrected chi connectivity index (χ2v) is 5.84. The van der Waals surface area contributed by atoms with Crippen LogP contribution in [-0.4, -0.2) is 14.4 Å². The maximum Gasteiger partial charge on any atom is 0.338 e. The Labute approximate surface area is 121 Å². The van der Waals surface area contributed by atoms with Crippen LogP contribution in [0, 0.1) is 5.82 Å². The first-order chi connectivity index (χ1) is 9.86. The molecule has 2 aromatic carbocycles. The van der Waals surface area contributed by atoms with Crippen LogP contribution >= 0.6 is 0 Å². The minimum atomic E-state index is -3.80. The molecule has 0 unspecified atom stereocenters. The molecule has 5 nitrogen and oxygen atoms in total. The van der Waals surface area contributed by atoms with Crippen molar-refractivity contribution in [1.29, 1.82) is 0 Å². The van der Waals surface area contributed by atoms with Crippen LogP contribution in [0.5, 0.6) is 0 Å². The van der Waals surface area contributed by atoms with Crippen molar-refractivity contribution in [3.8, 4) is 0 Å². The van der Waals surface area contributed by atoms with E-state index in [0.29, 0.717) is 5.56 Å². The summed E-state index contributed by atoms with van der Waals surface area (Å²) in [6.45, 7) is -0.0759. The summed E-state index contributed by atoms with van der Waals surface area (Å²) in [6, 6.07) is 10.7. The normalized spacial score (nSPS) is 11.1. The Bertz CT molecular complexity index is 757. The van der Waals surface area contributed by atoms with Crippen LogP contribution in [0.25, 0.3) is 0 Å². The van der Waals surface area contributed by atoms with E-state index >= 15 is 0 Å². The Balaban J connectivity index is 2.04. The first kappa shape index (κ1) is 15.1. The molecule has 0 amide bonds. The van der Waals surface area contributed by atoms with Gasteiger partial charge in [-0.1, -0.05) is 12.1 Å². The van der Waals surface area contributed by atoms with Crippen LogP contribution in [0.3, 0.4) is 0 Å². The molecule has 0 saturated heterocycles. The third kappa shape index (κ3) is 4.11. The Morgan fingerprint density at radius 2 is 1.81 bits per heavy atom.